The maximum Gasteiger partial charge on any atom is 0.573 e. The Kier molecular flexibility index (Phi) is 6.32. The molecule has 0 saturated carbocycles. The van der Waals surface area contributed by atoms with Crippen LogP contribution in [0.2, 0.25) is 5.02 Å². The molecular weight excluding hydrogens is 387 g/mol. The molecule has 0 heterocycles. The number of aryl methyl sites for hydroxylation is 2. The highest BCUT2D eigenvalue weighted by Crippen LogP contribution is 2.27. The summed E-state index contributed by atoms with van der Waals surface area (Å²) >= 11 is 6.08. The minimum Gasteiger partial charge on any atom is -0.452 e. The van der Waals surface area contributed by atoms with E-state index >= 15 is 0 Å². The first-order chi connectivity index (χ1) is 12.5. The van der Waals surface area contributed by atoms with Crippen LogP contribution in [0.15, 0.2) is 36.4 Å². The van der Waals surface area contributed by atoms with E-state index in [4.69, 9.17) is 16.3 Å². The third-order valence-electron chi connectivity index (χ3n) is 3.35. The number of carbonyl (C=O) groups is 2. The highest BCUT2D eigenvalue weighted by molar-refractivity contribution is 6.34. The quantitative estimate of drug-likeness (QED) is 0.741. The highest BCUT2D eigenvalue weighted by Gasteiger charge is 2.31. The Bertz CT molecular complexity index is 828. The number of amides is 1. The maximum atomic E-state index is 12.1. The number of hydrogen-bond acceptors (Lipinski definition) is 4. The van der Waals surface area contributed by atoms with E-state index in [0.717, 1.165) is 35.4 Å². The summed E-state index contributed by atoms with van der Waals surface area (Å²) < 4.78 is 44.9. The lowest BCUT2D eigenvalue weighted by atomic mass is 10.1. The van der Waals surface area contributed by atoms with Gasteiger partial charge in [0.25, 0.3) is 5.91 Å². The van der Waals surface area contributed by atoms with Crippen LogP contribution < -0.4 is 10.1 Å². The number of nitrogens with one attached hydrogen (secondary N) is 1. The average molecular weight is 402 g/mol. The zero-order valence-electron chi connectivity index (χ0n) is 14.3. The highest BCUT2D eigenvalue weighted by atomic mass is 35.5. The molecule has 27 heavy (non-hydrogen) atoms. The van der Waals surface area contributed by atoms with Gasteiger partial charge in [-0.2, -0.15) is 0 Å². The zero-order valence-corrected chi connectivity index (χ0v) is 15.1. The van der Waals surface area contributed by atoms with E-state index < -0.39 is 30.6 Å². The van der Waals surface area contributed by atoms with E-state index in [1.165, 1.54) is 0 Å². The van der Waals surface area contributed by atoms with Crippen molar-refractivity contribution in [1.82, 2.24) is 0 Å². The fraction of sp³-hybridized carbons (Fsp3) is 0.222. The summed E-state index contributed by atoms with van der Waals surface area (Å²) in [6.45, 7) is 3.05. The Labute approximate surface area is 158 Å². The van der Waals surface area contributed by atoms with Gasteiger partial charge in [-0.05, 0) is 55.3 Å². The SMILES string of the molecule is Cc1cc(C)c(NC(=O)COC(=O)c2ccc(OC(F)(F)F)cc2)c(Cl)c1. The topological polar surface area (TPSA) is 64.6 Å². The van der Waals surface area contributed by atoms with Crippen LogP contribution >= 0.6 is 11.6 Å². The van der Waals surface area contributed by atoms with Crippen molar-refractivity contribution in [2.45, 2.75) is 20.2 Å². The van der Waals surface area contributed by atoms with Crippen LogP contribution in [0.1, 0.15) is 21.5 Å². The van der Waals surface area contributed by atoms with Crippen LogP contribution in [0.4, 0.5) is 18.9 Å². The Hall–Kier alpha value is -2.74. The molecular formula is C18H15ClF3NO4. The second kappa shape index (κ2) is 8.30. The number of alkyl halides is 3. The summed E-state index contributed by atoms with van der Waals surface area (Å²) in [6, 6.07) is 7.66. The normalized spacial score (nSPS) is 11.0. The molecule has 5 nitrogen and oxygen atoms in total. The lowest BCUT2D eigenvalue weighted by Crippen LogP contribution is -2.21. The number of anilines is 1. The second-order valence-corrected chi connectivity index (χ2v) is 6.04. The summed E-state index contributed by atoms with van der Waals surface area (Å²) in [4.78, 5) is 23.8. The third-order valence-corrected chi connectivity index (χ3v) is 3.65. The predicted octanol–water partition coefficient (Wildman–Crippen LogP) is 4.65. The lowest BCUT2D eigenvalue weighted by Gasteiger charge is -2.12. The Morgan fingerprint density at radius 3 is 2.30 bits per heavy atom. The fourth-order valence-corrected chi connectivity index (χ4v) is 2.63. The lowest BCUT2D eigenvalue weighted by molar-refractivity contribution is -0.274. The summed E-state index contributed by atoms with van der Waals surface area (Å²) in [5.41, 5.74) is 2.07. The van der Waals surface area contributed by atoms with Crippen molar-refractivity contribution in [3.8, 4) is 5.75 Å². The molecule has 0 bridgehead atoms. The van der Waals surface area contributed by atoms with Gasteiger partial charge in [0.15, 0.2) is 6.61 Å². The first kappa shape index (κ1) is 20.6. The Morgan fingerprint density at radius 2 is 1.74 bits per heavy atom. The number of benzene rings is 2. The van der Waals surface area contributed by atoms with Gasteiger partial charge in [0.05, 0.1) is 16.3 Å². The molecule has 9 heteroatoms. The fourth-order valence-electron chi connectivity index (χ4n) is 2.26. The Morgan fingerprint density at radius 1 is 1.11 bits per heavy atom. The summed E-state index contributed by atoms with van der Waals surface area (Å²) in [5.74, 6) is -1.94. The second-order valence-electron chi connectivity index (χ2n) is 5.64. The molecule has 0 spiro atoms. The van der Waals surface area contributed by atoms with Crippen LogP contribution in [0.25, 0.3) is 0 Å². The van der Waals surface area contributed by atoms with E-state index in [1.807, 2.05) is 13.0 Å². The third kappa shape index (κ3) is 6.18. The van der Waals surface area contributed by atoms with Crippen molar-refractivity contribution in [1.29, 1.82) is 0 Å². The zero-order chi connectivity index (χ0) is 20.2. The largest absolute Gasteiger partial charge is 0.573 e. The van der Waals surface area contributed by atoms with Crippen molar-refractivity contribution in [2.75, 3.05) is 11.9 Å². The van der Waals surface area contributed by atoms with E-state index in [9.17, 15) is 22.8 Å². The van der Waals surface area contributed by atoms with Gasteiger partial charge in [-0.15, -0.1) is 13.2 Å². The van der Waals surface area contributed by atoms with Gasteiger partial charge >= 0.3 is 12.3 Å². The molecule has 0 aliphatic carbocycles. The first-order valence-electron chi connectivity index (χ1n) is 7.64. The van der Waals surface area contributed by atoms with Gasteiger partial charge in [0.1, 0.15) is 5.75 Å². The molecule has 2 aromatic carbocycles. The van der Waals surface area contributed by atoms with Crippen molar-refractivity contribution in [3.05, 3.63) is 58.1 Å². The van der Waals surface area contributed by atoms with Crippen molar-refractivity contribution in [3.63, 3.8) is 0 Å². The molecule has 0 radical (unpaired) electrons. The van der Waals surface area contributed by atoms with Gasteiger partial charge in [-0.25, -0.2) is 4.79 Å². The van der Waals surface area contributed by atoms with Crippen LogP contribution in [0, 0.1) is 13.8 Å². The number of halogens is 4. The molecule has 2 aromatic rings. The molecule has 0 aliphatic rings. The van der Waals surface area contributed by atoms with Crippen LogP contribution in [-0.4, -0.2) is 24.8 Å². The number of ether oxygens (including phenoxy) is 2. The standard InChI is InChI=1S/C18H15ClF3NO4/c1-10-7-11(2)16(14(19)8-10)23-15(24)9-26-17(25)12-3-5-13(6-4-12)27-18(20,21)22/h3-8H,9H2,1-2H3,(H,23,24). The maximum absolute atomic E-state index is 12.1. The molecule has 1 amide bonds. The predicted molar refractivity (Wildman–Crippen MR) is 93.0 cm³/mol. The Balaban J connectivity index is 1.92. The van der Waals surface area contributed by atoms with Gasteiger partial charge in [-0.1, -0.05) is 17.7 Å². The number of carbonyl (C=O) groups excluding carboxylic acids is 2. The van der Waals surface area contributed by atoms with E-state index in [1.54, 1.807) is 13.0 Å². The average Bonchev–Trinajstić information content (AvgIpc) is 2.55. The van der Waals surface area contributed by atoms with Gasteiger partial charge in [0.2, 0.25) is 0 Å². The number of rotatable bonds is 5. The molecule has 0 unspecified atom stereocenters. The van der Waals surface area contributed by atoms with E-state index in [0.29, 0.717) is 10.7 Å². The van der Waals surface area contributed by atoms with Gasteiger partial charge in [-0.3, -0.25) is 4.79 Å². The van der Waals surface area contributed by atoms with Crippen molar-refractivity contribution < 1.29 is 32.2 Å². The van der Waals surface area contributed by atoms with Crippen molar-refractivity contribution in [2.24, 2.45) is 0 Å². The molecule has 0 atom stereocenters. The van der Waals surface area contributed by atoms with E-state index in [2.05, 4.69) is 10.1 Å². The summed E-state index contributed by atoms with van der Waals surface area (Å²) in [5, 5.41) is 2.91. The van der Waals surface area contributed by atoms with Crippen LogP contribution in [0.3, 0.4) is 0 Å². The molecule has 0 fully saturated rings. The first-order valence-corrected chi connectivity index (χ1v) is 8.02. The summed E-state index contributed by atoms with van der Waals surface area (Å²) in [7, 11) is 0. The minimum absolute atomic E-state index is 0.0260. The van der Waals surface area contributed by atoms with Gasteiger partial charge in [0, 0.05) is 0 Å². The number of esters is 1. The minimum atomic E-state index is -4.82. The van der Waals surface area contributed by atoms with Crippen LogP contribution in [0.5, 0.6) is 5.75 Å². The molecule has 2 rings (SSSR count). The van der Waals surface area contributed by atoms with Crippen LogP contribution in [-0.2, 0) is 9.53 Å². The molecule has 144 valence electrons. The summed E-state index contributed by atoms with van der Waals surface area (Å²) in [6.07, 6.45) is -4.82. The smallest absolute Gasteiger partial charge is 0.452 e. The van der Waals surface area contributed by atoms with Crippen molar-refractivity contribution >= 4 is 29.2 Å². The molecule has 1 N–H and O–H groups in total. The van der Waals surface area contributed by atoms with E-state index in [-0.39, 0.29) is 5.56 Å². The molecule has 0 saturated heterocycles. The molecule has 0 aromatic heterocycles. The molecule has 0 aliphatic heterocycles. The number of hydrogen-bond donors (Lipinski definition) is 1. The monoisotopic (exact) mass is 401 g/mol. The van der Waals surface area contributed by atoms with Gasteiger partial charge < -0.3 is 14.8 Å².